The number of nitro benzene ring substituents is 1. The average molecular weight is 465 g/mol. The fourth-order valence-corrected chi connectivity index (χ4v) is 5.43. The van der Waals surface area contributed by atoms with Crippen molar-refractivity contribution >= 4 is 45.5 Å². The molecule has 1 unspecified atom stereocenters. The number of carbonyl (C=O) groups is 2. The van der Waals surface area contributed by atoms with E-state index in [1.54, 1.807) is 0 Å². The van der Waals surface area contributed by atoms with Crippen LogP contribution in [0.4, 0.5) is 10.7 Å². The maximum Gasteiger partial charge on any atom is 0.341 e. The molecule has 0 radical (unpaired) electrons. The van der Waals surface area contributed by atoms with Crippen molar-refractivity contribution in [3.05, 3.63) is 54.9 Å². The Bertz CT molecular complexity index is 1050. The number of non-ortho nitro benzene ring substituents is 1. The van der Waals surface area contributed by atoms with Crippen molar-refractivity contribution < 1.29 is 19.2 Å². The molecule has 7 nitrogen and oxygen atoms in total. The van der Waals surface area contributed by atoms with E-state index in [1.165, 1.54) is 30.6 Å². The number of thiophene rings is 1. The molecule has 1 N–H and O–H groups in total. The predicted octanol–water partition coefficient (Wildman–Crippen LogP) is 5.89. The van der Waals surface area contributed by atoms with Gasteiger partial charge < -0.3 is 10.1 Å². The van der Waals surface area contributed by atoms with Crippen LogP contribution in [0.3, 0.4) is 0 Å². The van der Waals surface area contributed by atoms with Crippen molar-refractivity contribution in [2.75, 3.05) is 12.4 Å². The molecule has 1 amide bonds. The van der Waals surface area contributed by atoms with Crippen LogP contribution < -0.4 is 5.32 Å². The third-order valence-corrected chi connectivity index (χ3v) is 7.80. The van der Waals surface area contributed by atoms with Gasteiger partial charge in [-0.2, -0.15) is 0 Å². The lowest BCUT2D eigenvalue weighted by Crippen LogP contribution is -2.28. The number of rotatable bonds is 6. The number of nitrogens with zero attached hydrogens (tertiary/aromatic N) is 1. The standard InChI is InChI=1S/C22H25ClN2O5S/c1-5-22(2,3)12-6-8-14-17(10-12)31-20(18(14)21(27)30-4)24-19(26)15-11-13(25(28)29)7-9-16(15)23/h7,9,11-12H,5-6,8,10H2,1-4H3,(H,24,26). The molecule has 1 heterocycles. The van der Waals surface area contributed by atoms with Crippen molar-refractivity contribution in [1.82, 2.24) is 0 Å². The predicted molar refractivity (Wildman–Crippen MR) is 121 cm³/mol. The van der Waals surface area contributed by atoms with Crippen molar-refractivity contribution in [3.8, 4) is 0 Å². The molecule has 166 valence electrons. The summed E-state index contributed by atoms with van der Waals surface area (Å²) < 4.78 is 4.98. The molecular weight excluding hydrogens is 440 g/mol. The molecule has 1 aromatic heterocycles. The minimum atomic E-state index is -0.608. The van der Waals surface area contributed by atoms with Crippen molar-refractivity contribution in [3.63, 3.8) is 0 Å². The molecule has 3 rings (SSSR count). The molecule has 0 saturated carbocycles. The Balaban J connectivity index is 1.97. The summed E-state index contributed by atoms with van der Waals surface area (Å²) in [7, 11) is 1.31. The summed E-state index contributed by atoms with van der Waals surface area (Å²) >= 11 is 7.47. The number of carbonyl (C=O) groups excluding carboxylic acids is 2. The molecular formula is C22H25ClN2O5S. The molecule has 31 heavy (non-hydrogen) atoms. The van der Waals surface area contributed by atoms with Crippen molar-refractivity contribution in [2.45, 2.75) is 46.5 Å². The summed E-state index contributed by atoms with van der Waals surface area (Å²) in [5, 5.41) is 14.3. The monoisotopic (exact) mass is 464 g/mol. The normalized spacial score (nSPS) is 15.8. The van der Waals surface area contributed by atoms with Gasteiger partial charge in [0, 0.05) is 17.0 Å². The van der Waals surface area contributed by atoms with Crippen LogP contribution in [-0.2, 0) is 17.6 Å². The Morgan fingerprint density at radius 3 is 2.71 bits per heavy atom. The first-order chi connectivity index (χ1) is 14.6. The highest BCUT2D eigenvalue weighted by Gasteiger charge is 2.35. The zero-order valence-corrected chi connectivity index (χ0v) is 19.5. The van der Waals surface area contributed by atoms with Crippen LogP contribution in [0, 0.1) is 21.4 Å². The summed E-state index contributed by atoms with van der Waals surface area (Å²) in [6.07, 6.45) is 3.58. The lowest BCUT2D eigenvalue weighted by Gasteiger charge is -2.36. The number of esters is 1. The van der Waals surface area contributed by atoms with Crippen LogP contribution in [0.2, 0.25) is 5.02 Å². The van der Waals surface area contributed by atoms with E-state index in [1.807, 2.05) is 0 Å². The van der Waals surface area contributed by atoms with Gasteiger partial charge in [-0.15, -0.1) is 11.3 Å². The smallest absolute Gasteiger partial charge is 0.341 e. The van der Waals surface area contributed by atoms with E-state index in [4.69, 9.17) is 16.3 Å². The third kappa shape index (κ3) is 4.60. The largest absolute Gasteiger partial charge is 0.465 e. The van der Waals surface area contributed by atoms with Gasteiger partial charge in [-0.05, 0) is 42.2 Å². The van der Waals surface area contributed by atoms with Gasteiger partial charge in [-0.25, -0.2) is 4.79 Å². The average Bonchev–Trinajstić information content (AvgIpc) is 3.10. The van der Waals surface area contributed by atoms with Gasteiger partial charge in [0.2, 0.25) is 0 Å². The van der Waals surface area contributed by atoms with Crippen LogP contribution in [0.1, 0.15) is 64.8 Å². The number of benzene rings is 1. The van der Waals surface area contributed by atoms with Crippen LogP contribution in [-0.4, -0.2) is 23.9 Å². The Morgan fingerprint density at radius 2 is 2.10 bits per heavy atom. The number of amides is 1. The maximum atomic E-state index is 12.9. The number of nitrogens with one attached hydrogen (secondary N) is 1. The van der Waals surface area contributed by atoms with Gasteiger partial charge in [0.05, 0.1) is 28.2 Å². The third-order valence-electron chi connectivity index (χ3n) is 6.30. The SMILES string of the molecule is CCC(C)(C)C1CCc2c(sc(NC(=O)c3cc([N+](=O)[O-])ccc3Cl)c2C(=O)OC)C1. The number of anilines is 1. The second-order valence-electron chi connectivity index (χ2n) is 8.36. The first-order valence-electron chi connectivity index (χ1n) is 10.1. The molecule has 1 aliphatic rings. The molecule has 9 heteroatoms. The highest BCUT2D eigenvalue weighted by atomic mass is 35.5. The molecule has 1 atom stereocenters. The van der Waals surface area contributed by atoms with Crippen LogP contribution in [0.15, 0.2) is 18.2 Å². The summed E-state index contributed by atoms with van der Waals surface area (Å²) in [6.45, 7) is 6.69. The molecule has 0 bridgehead atoms. The molecule has 0 spiro atoms. The van der Waals surface area contributed by atoms with E-state index >= 15 is 0 Å². The topological polar surface area (TPSA) is 98.5 Å². The molecule has 0 saturated heterocycles. The lowest BCUT2D eigenvalue weighted by molar-refractivity contribution is -0.384. The fraction of sp³-hybridized carbons (Fsp3) is 0.455. The van der Waals surface area contributed by atoms with E-state index in [0.29, 0.717) is 16.5 Å². The van der Waals surface area contributed by atoms with E-state index in [-0.39, 0.29) is 21.7 Å². The molecule has 0 fully saturated rings. The summed E-state index contributed by atoms with van der Waals surface area (Å²) in [5.41, 5.74) is 1.19. The number of nitro groups is 1. The Hall–Kier alpha value is -2.45. The van der Waals surface area contributed by atoms with Gasteiger partial charge in [-0.3, -0.25) is 14.9 Å². The van der Waals surface area contributed by atoms with Gasteiger partial charge in [-0.1, -0.05) is 38.8 Å². The Kier molecular flexibility index (Phi) is 6.71. The van der Waals surface area contributed by atoms with Gasteiger partial charge in [0.15, 0.2) is 0 Å². The fourth-order valence-electron chi connectivity index (χ4n) is 3.92. The second-order valence-corrected chi connectivity index (χ2v) is 9.87. The number of halogens is 1. The van der Waals surface area contributed by atoms with Crippen molar-refractivity contribution in [2.24, 2.45) is 11.3 Å². The quantitative estimate of drug-likeness (QED) is 0.326. The summed E-state index contributed by atoms with van der Waals surface area (Å²) in [6, 6.07) is 3.67. The molecule has 1 aliphatic carbocycles. The Labute approximate surface area is 189 Å². The first kappa shape index (κ1) is 23.2. The first-order valence-corrected chi connectivity index (χ1v) is 11.3. The highest BCUT2D eigenvalue weighted by molar-refractivity contribution is 7.17. The lowest BCUT2D eigenvalue weighted by atomic mass is 9.69. The minimum absolute atomic E-state index is 0.0250. The number of ether oxygens (including phenoxy) is 1. The molecule has 2 aromatic rings. The van der Waals surface area contributed by atoms with Crippen LogP contribution >= 0.6 is 22.9 Å². The van der Waals surface area contributed by atoms with Crippen LogP contribution in [0.5, 0.6) is 0 Å². The van der Waals surface area contributed by atoms with Crippen LogP contribution in [0.25, 0.3) is 0 Å². The van der Waals surface area contributed by atoms with E-state index in [9.17, 15) is 19.7 Å². The van der Waals surface area contributed by atoms with Crippen molar-refractivity contribution in [1.29, 1.82) is 0 Å². The molecule has 0 aliphatic heterocycles. The number of hydrogen-bond donors (Lipinski definition) is 1. The van der Waals surface area contributed by atoms with E-state index < -0.39 is 16.8 Å². The number of fused-ring (bicyclic) bond motifs is 1. The number of methoxy groups -OCH3 is 1. The van der Waals surface area contributed by atoms with Gasteiger partial charge in [0.25, 0.3) is 11.6 Å². The van der Waals surface area contributed by atoms with Gasteiger partial charge in [0.1, 0.15) is 5.00 Å². The summed E-state index contributed by atoms with van der Waals surface area (Å²) in [4.78, 5) is 37.0. The van der Waals surface area contributed by atoms with E-state index in [2.05, 4.69) is 26.1 Å². The summed E-state index contributed by atoms with van der Waals surface area (Å²) in [5.74, 6) is -0.641. The zero-order chi connectivity index (χ0) is 22.9. The maximum absolute atomic E-state index is 12.9. The highest BCUT2D eigenvalue weighted by Crippen LogP contribution is 2.45. The number of hydrogen-bond acceptors (Lipinski definition) is 6. The minimum Gasteiger partial charge on any atom is -0.465 e. The second kappa shape index (κ2) is 8.96. The zero-order valence-electron chi connectivity index (χ0n) is 17.9. The van der Waals surface area contributed by atoms with E-state index in [0.717, 1.165) is 42.2 Å². The van der Waals surface area contributed by atoms with Gasteiger partial charge >= 0.3 is 5.97 Å². The Morgan fingerprint density at radius 1 is 1.39 bits per heavy atom. The molecule has 1 aromatic carbocycles.